The minimum atomic E-state index is -0.844. The fourth-order valence-electron chi connectivity index (χ4n) is 6.11. The molecule has 1 heterocycles. The number of para-hydroxylation sites is 2. The van der Waals surface area contributed by atoms with Crippen molar-refractivity contribution in [3.63, 3.8) is 0 Å². The number of phenolic OH excluding ortho intramolecular Hbond substituents is 1. The first kappa shape index (κ1) is 26.3. The Balaban J connectivity index is 2.17. The molecule has 0 aliphatic carbocycles. The zero-order valence-corrected chi connectivity index (χ0v) is 22.7. The van der Waals surface area contributed by atoms with Gasteiger partial charge in [0.25, 0.3) is 11.7 Å². The Morgan fingerprint density at radius 1 is 0.838 bits per heavy atom. The number of carbonyl (C=O) groups is 1. The molecular weight excluding hydrogens is 462 g/mol. The SMILES string of the molecule is CC[N+](CC)(CC)C1(C)N(c2ccc(O)cc2)C(C)=C(c2ccccc2)C(=O)N1c1ccccc1OC. The highest BCUT2D eigenvalue weighted by Crippen LogP contribution is 2.49. The van der Waals surface area contributed by atoms with Gasteiger partial charge in [-0.15, -0.1) is 0 Å². The van der Waals surface area contributed by atoms with Crippen LogP contribution < -0.4 is 14.5 Å². The highest BCUT2D eigenvalue weighted by Gasteiger charge is 2.60. The van der Waals surface area contributed by atoms with Crippen LogP contribution in [0.3, 0.4) is 0 Å². The van der Waals surface area contributed by atoms with Gasteiger partial charge in [0.1, 0.15) is 11.5 Å². The number of rotatable bonds is 8. The van der Waals surface area contributed by atoms with E-state index in [0.717, 1.165) is 42.3 Å². The number of hydrogen-bond donors (Lipinski definition) is 1. The van der Waals surface area contributed by atoms with E-state index in [2.05, 4.69) is 32.6 Å². The van der Waals surface area contributed by atoms with E-state index in [1.165, 1.54) is 0 Å². The summed E-state index contributed by atoms with van der Waals surface area (Å²) in [6.07, 6.45) is 0. The Labute approximate surface area is 220 Å². The number of quaternary nitrogens is 1. The van der Waals surface area contributed by atoms with Crippen LogP contribution in [0.25, 0.3) is 5.57 Å². The van der Waals surface area contributed by atoms with Gasteiger partial charge in [-0.2, -0.15) is 0 Å². The number of anilines is 2. The fourth-order valence-corrected chi connectivity index (χ4v) is 6.11. The largest absolute Gasteiger partial charge is 0.508 e. The maximum absolute atomic E-state index is 14.8. The quantitative estimate of drug-likeness (QED) is 0.372. The second-order valence-corrected chi connectivity index (χ2v) is 9.56. The van der Waals surface area contributed by atoms with Gasteiger partial charge in [-0.1, -0.05) is 42.5 Å². The molecule has 3 aromatic rings. The molecule has 0 spiro atoms. The third kappa shape index (κ3) is 4.05. The molecule has 1 amide bonds. The Morgan fingerprint density at radius 2 is 1.41 bits per heavy atom. The van der Waals surface area contributed by atoms with Crippen LogP contribution >= 0.6 is 0 Å². The Morgan fingerprint density at radius 3 is 1.97 bits per heavy atom. The number of phenols is 1. The minimum Gasteiger partial charge on any atom is -0.508 e. The van der Waals surface area contributed by atoms with Gasteiger partial charge in [0.2, 0.25) is 0 Å². The van der Waals surface area contributed by atoms with E-state index in [0.29, 0.717) is 15.8 Å². The van der Waals surface area contributed by atoms with Crippen LogP contribution in [0.1, 0.15) is 40.2 Å². The Hall–Kier alpha value is -3.77. The zero-order chi connectivity index (χ0) is 26.8. The van der Waals surface area contributed by atoms with Crippen LogP contribution in [0.5, 0.6) is 11.5 Å². The second kappa shape index (κ2) is 10.3. The van der Waals surface area contributed by atoms with Crippen molar-refractivity contribution in [3.05, 3.63) is 90.1 Å². The van der Waals surface area contributed by atoms with Crippen LogP contribution in [0.4, 0.5) is 11.4 Å². The maximum Gasteiger partial charge on any atom is 0.267 e. The van der Waals surface area contributed by atoms with E-state index in [9.17, 15) is 9.90 Å². The molecule has 0 bridgehead atoms. The summed E-state index contributed by atoms with van der Waals surface area (Å²) in [5, 5.41) is 10.1. The Kier molecular flexibility index (Phi) is 7.32. The summed E-state index contributed by atoms with van der Waals surface area (Å²) in [7, 11) is 1.64. The third-order valence-corrected chi connectivity index (χ3v) is 8.17. The summed E-state index contributed by atoms with van der Waals surface area (Å²) in [4.78, 5) is 19.0. The number of aromatic hydroxyl groups is 1. The van der Waals surface area contributed by atoms with Crippen LogP contribution in [-0.4, -0.2) is 48.0 Å². The van der Waals surface area contributed by atoms with E-state index >= 15 is 0 Å². The number of hydrogen-bond acceptors (Lipinski definition) is 4. The average Bonchev–Trinajstić information content (AvgIpc) is 2.92. The molecule has 6 heteroatoms. The number of ether oxygens (including phenoxy) is 1. The lowest BCUT2D eigenvalue weighted by Crippen LogP contribution is -2.80. The first-order chi connectivity index (χ1) is 17.8. The first-order valence-electron chi connectivity index (χ1n) is 13.0. The monoisotopic (exact) mass is 500 g/mol. The van der Waals surface area contributed by atoms with Crippen molar-refractivity contribution >= 4 is 22.9 Å². The molecule has 37 heavy (non-hydrogen) atoms. The fraction of sp³-hybridized carbons (Fsp3) is 0.323. The Bertz CT molecular complexity index is 1270. The van der Waals surface area contributed by atoms with Gasteiger partial charge in [0, 0.05) is 18.3 Å². The molecule has 1 unspecified atom stereocenters. The summed E-state index contributed by atoms with van der Waals surface area (Å²) in [5.74, 6) is -0.0690. The first-order valence-corrected chi connectivity index (χ1v) is 13.0. The summed E-state index contributed by atoms with van der Waals surface area (Å²) in [5.41, 5.74) is 3.99. The molecule has 0 saturated heterocycles. The zero-order valence-electron chi connectivity index (χ0n) is 22.7. The number of nitrogens with zero attached hydrogens (tertiary/aromatic N) is 3. The normalized spacial score (nSPS) is 18.4. The molecule has 0 aromatic heterocycles. The van der Waals surface area contributed by atoms with E-state index in [-0.39, 0.29) is 11.7 Å². The number of amides is 1. The summed E-state index contributed by atoms with van der Waals surface area (Å²) in [6, 6.07) is 24.8. The molecule has 194 valence electrons. The lowest BCUT2D eigenvalue weighted by atomic mass is 9.93. The summed E-state index contributed by atoms with van der Waals surface area (Å²) < 4.78 is 6.43. The standard InChI is InChI=1S/C31H37N3O3/c1-7-34(8-2,9-3)31(5)32(25-19-21-26(35)22-20-25)23(4)29(24-15-11-10-12-16-24)30(36)33(31)27-17-13-14-18-28(27)37-6/h10-22H,7-9H2,1-6H3/p+1. The number of methoxy groups -OCH3 is 1. The van der Waals surface area contributed by atoms with Gasteiger partial charge >= 0.3 is 0 Å². The van der Waals surface area contributed by atoms with E-state index in [4.69, 9.17) is 4.74 Å². The van der Waals surface area contributed by atoms with Gasteiger partial charge in [-0.25, -0.2) is 4.90 Å². The smallest absolute Gasteiger partial charge is 0.267 e. The van der Waals surface area contributed by atoms with Crippen molar-refractivity contribution in [2.75, 3.05) is 36.5 Å². The van der Waals surface area contributed by atoms with Crippen molar-refractivity contribution in [3.8, 4) is 11.5 Å². The van der Waals surface area contributed by atoms with Crippen molar-refractivity contribution in [1.82, 2.24) is 0 Å². The molecule has 1 atom stereocenters. The molecule has 4 rings (SSSR count). The number of benzene rings is 3. The lowest BCUT2D eigenvalue weighted by molar-refractivity contribution is -0.968. The van der Waals surface area contributed by atoms with Crippen LogP contribution in [0.15, 0.2) is 84.6 Å². The molecule has 1 aliphatic rings. The summed E-state index contributed by atoms with van der Waals surface area (Å²) >= 11 is 0. The van der Waals surface area contributed by atoms with Crippen molar-refractivity contribution in [2.24, 2.45) is 0 Å². The minimum absolute atomic E-state index is 0.0661. The van der Waals surface area contributed by atoms with Gasteiger partial charge < -0.3 is 9.84 Å². The van der Waals surface area contributed by atoms with Crippen molar-refractivity contribution < 1.29 is 19.1 Å². The van der Waals surface area contributed by atoms with Gasteiger partial charge in [0.05, 0.1) is 38.0 Å². The topological polar surface area (TPSA) is 53.0 Å². The highest BCUT2D eigenvalue weighted by molar-refractivity contribution is 6.29. The second-order valence-electron chi connectivity index (χ2n) is 9.56. The van der Waals surface area contributed by atoms with Crippen LogP contribution in [-0.2, 0) is 4.79 Å². The predicted octanol–water partition coefficient (Wildman–Crippen LogP) is 6.24. The van der Waals surface area contributed by atoms with E-state index in [1.807, 2.05) is 78.6 Å². The maximum atomic E-state index is 14.8. The van der Waals surface area contributed by atoms with Crippen LogP contribution in [0.2, 0.25) is 0 Å². The lowest BCUT2D eigenvalue weighted by Gasteiger charge is -2.61. The van der Waals surface area contributed by atoms with Gasteiger partial charge in [-0.05, 0) is 69.7 Å². The van der Waals surface area contributed by atoms with Crippen molar-refractivity contribution in [2.45, 2.75) is 40.4 Å². The van der Waals surface area contributed by atoms with E-state index in [1.54, 1.807) is 19.2 Å². The van der Waals surface area contributed by atoms with Gasteiger partial charge in [-0.3, -0.25) is 14.2 Å². The molecular formula is C31H38N3O3+. The molecule has 3 aromatic carbocycles. The highest BCUT2D eigenvalue weighted by atomic mass is 16.5. The van der Waals surface area contributed by atoms with Crippen LogP contribution in [0, 0.1) is 0 Å². The summed E-state index contributed by atoms with van der Waals surface area (Å²) in [6.45, 7) is 13.2. The molecule has 6 nitrogen and oxygen atoms in total. The molecule has 1 aliphatic heterocycles. The average molecular weight is 501 g/mol. The molecule has 0 saturated carbocycles. The van der Waals surface area contributed by atoms with E-state index < -0.39 is 5.79 Å². The molecule has 0 radical (unpaired) electrons. The predicted molar refractivity (Wildman–Crippen MR) is 150 cm³/mol. The van der Waals surface area contributed by atoms with Gasteiger partial charge in [0.15, 0.2) is 0 Å². The molecule has 1 N–H and O–H groups in total. The van der Waals surface area contributed by atoms with Crippen molar-refractivity contribution in [1.29, 1.82) is 0 Å². The molecule has 0 fully saturated rings. The number of allylic oxidation sites excluding steroid dienone is 1. The third-order valence-electron chi connectivity index (χ3n) is 8.17. The number of carbonyl (C=O) groups excluding carboxylic acids is 1.